The molecule has 0 aliphatic heterocycles. The van der Waals surface area contributed by atoms with Gasteiger partial charge in [0.25, 0.3) is 0 Å². The Bertz CT molecular complexity index is 1830. The normalized spacial score (nSPS) is 14.0. The van der Waals surface area contributed by atoms with Crippen molar-refractivity contribution < 1.29 is 35.4 Å². The molecule has 2 unspecified atom stereocenters. The maximum atomic E-state index is 13.1. The molecule has 2 aliphatic carbocycles. The van der Waals surface area contributed by atoms with Crippen molar-refractivity contribution in [3.63, 3.8) is 0 Å². The fourth-order valence-corrected chi connectivity index (χ4v) is 5.86. The van der Waals surface area contributed by atoms with Crippen LogP contribution >= 0.6 is 0 Å². The van der Waals surface area contributed by atoms with E-state index in [1.807, 2.05) is 26.0 Å². The number of aryl methyl sites for hydroxylation is 1. The van der Waals surface area contributed by atoms with E-state index in [4.69, 9.17) is 0 Å². The third-order valence-electron chi connectivity index (χ3n) is 8.85. The molecule has 1 saturated carbocycles. The summed E-state index contributed by atoms with van der Waals surface area (Å²) in [6.07, 6.45) is 9.06. The molecule has 0 N–H and O–H groups in total. The van der Waals surface area contributed by atoms with Gasteiger partial charge in [-0.25, -0.2) is 0 Å². The van der Waals surface area contributed by atoms with Gasteiger partial charge in [0.1, 0.15) is 12.1 Å². The van der Waals surface area contributed by atoms with Crippen LogP contribution in [-0.4, -0.2) is 17.9 Å². The van der Waals surface area contributed by atoms with Crippen LogP contribution in [0.3, 0.4) is 0 Å². The van der Waals surface area contributed by atoms with Crippen molar-refractivity contribution in [1.29, 1.82) is 0 Å². The molecule has 0 amide bonds. The fourth-order valence-electron chi connectivity index (χ4n) is 5.86. The van der Waals surface area contributed by atoms with Crippen LogP contribution < -0.4 is 0 Å². The van der Waals surface area contributed by atoms with Crippen LogP contribution in [0.1, 0.15) is 122 Å². The second-order valence-corrected chi connectivity index (χ2v) is 14.1. The number of hydrogen-bond acceptors (Lipinski definition) is 3. The van der Waals surface area contributed by atoms with Gasteiger partial charge in [-0.1, -0.05) is 143 Å². The molecule has 4 aromatic rings. The molecule has 0 bridgehead atoms. The molecule has 0 radical (unpaired) electrons. The molecule has 0 aromatic heterocycles. The van der Waals surface area contributed by atoms with Gasteiger partial charge in [-0.2, -0.15) is 20.8 Å². The standard InChI is InChI=1S/C29H29O.C9H8O2.C4H9.C4H6.C3H6.W/c1-5-19-9-13-24-25-14-10-21(17-27(25)18(2)26(24)15-19)20-7-6-8-22(16-20)28(30)29(3,4)23-11-12-23;1-7(11)9-4-2-3-8(5-9)6-10;1-4(2)3;1-3-4-2;1-3-2;/h6-10,13-18,23H,3,5,11-12H2,1-2,4H3;2-6H,1H3;1-3H3;3-4H,1-2H2;3H,1H2,2H3;/q-1;;-1;;;+2. The Balaban J connectivity index is 0.000000504. The second kappa shape index (κ2) is 22.8. The smallest absolute Gasteiger partial charge is 0.330 e. The fraction of sp³-hybridized carbons (Fsp3) is 0.286. The van der Waals surface area contributed by atoms with Gasteiger partial charge in [0.2, 0.25) is 0 Å². The molecule has 0 spiro atoms. The number of hydrogen-bond donors (Lipinski definition) is 0. The Hall–Kier alpha value is -4.20. The Kier molecular flexibility index (Phi) is 20.1. The van der Waals surface area contributed by atoms with Gasteiger partial charge in [-0.3, -0.25) is 14.4 Å². The number of aldehydes is 1. The average Bonchev–Trinajstić information content (AvgIpc) is 3.97. The minimum absolute atomic E-state index is 0. The Morgan fingerprint density at radius 1 is 0.830 bits per heavy atom. The van der Waals surface area contributed by atoms with E-state index in [-0.39, 0.29) is 32.6 Å². The first kappa shape index (κ1) is 46.8. The van der Waals surface area contributed by atoms with Crippen LogP contribution in [-0.2, 0) is 27.5 Å². The van der Waals surface area contributed by atoms with Crippen molar-refractivity contribution in [1.82, 2.24) is 0 Å². The summed E-state index contributed by atoms with van der Waals surface area (Å²) in [6.45, 7) is 30.5. The van der Waals surface area contributed by atoms with Gasteiger partial charge in [0, 0.05) is 22.6 Å². The first-order valence-electron chi connectivity index (χ1n) is 18.1. The van der Waals surface area contributed by atoms with E-state index in [0.29, 0.717) is 23.0 Å². The molecule has 2 aliphatic rings. The number of fused-ring (bicyclic) bond motifs is 3. The SMILES string of the molecule is C=CC.C=CC=C.CC(=O)c1cccc(C=O)c1.C[C-](C)C.[CH2-]C(C)(C(=O)c1cccc(-c2ccc3c(c2)C(C)c2cc(CC)ccc2-3)c1)C1CC1.[W+2]. The first-order valence-corrected chi connectivity index (χ1v) is 18.1. The van der Waals surface area contributed by atoms with E-state index in [1.165, 1.54) is 46.2 Å². The number of benzene rings is 4. The van der Waals surface area contributed by atoms with Gasteiger partial charge in [0.15, 0.2) is 5.78 Å². The molecule has 4 aromatic carbocycles. The summed E-state index contributed by atoms with van der Waals surface area (Å²) in [6, 6.07) is 28.4. The monoisotopic (exact) mass is 878 g/mol. The van der Waals surface area contributed by atoms with Crippen LogP contribution in [0, 0.1) is 24.2 Å². The minimum atomic E-state index is -0.510. The molecule has 6 rings (SSSR count). The van der Waals surface area contributed by atoms with Crippen LogP contribution in [0.2, 0.25) is 0 Å². The van der Waals surface area contributed by atoms with Crippen LogP contribution in [0.4, 0.5) is 0 Å². The van der Waals surface area contributed by atoms with E-state index >= 15 is 0 Å². The third-order valence-corrected chi connectivity index (χ3v) is 8.85. The first-order chi connectivity index (χ1) is 24.7. The number of ketones is 2. The summed E-state index contributed by atoms with van der Waals surface area (Å²) in [5, 5.41) is 0. The zero-order valence-corrected chi connectivity index (χ0v) is 36.1. The molecular formula is C49H58O3W. The zero-order chi connectivity index (χ0) is 39.0. The minimum Gasteiger partial charge on any atom is -0.330 e. The predicted molar refractivity (Wildman–Crippen MR) is 223 cm³/mol. The Morgan fingerprint density at radius 3 is 1.85 bits per heavy atom. The molecule has 4 heteroatoms. The molecule has 53 heavy (non-hydrogen) atoms. The molecule has 3 nitrogen and oxygen atoms in total. The van der Waals surface area contributed by atoms with E-state index in [9.17, 15) is 14.4 Å². The maximum Gasteiger partial charge on any atom is 2.00 e. The topological polar surface area (TPSA) is 51.2 Å². The van der Waals surface area contributed by atoms with Gasteiger partial charge in [-0.15, -0.1) is 6.58 Å². The number of Topliss-reactive ketones (excluding diaryl/α,β-unsaturated/α-hetero) is 2. The summed E-state index contributed by atoms with van der Waals surface area (Å²) < 4.78 is 0. The van der Waals surface area contributed by atoms with Crippen molar-refractivity contribution in [2.24, 2.45) is 11.3 Å². The Labute approximate surface area is 335 Å². The number of carbonyl (C=O) groups is 3. The number of carbonyl (C=O) groups excluding carboxylic acids is 3. The molecular weight excluding hydrogens is 820 g/mol. The number of allylic oxidation sites excluding steroid dienone is 3. The van der Waals surface area contributed by atoms with Crippen LogP contribution in [0.15, 0.2) is 123 Å². The van der Waals surface area contributed by atoms with Crippen molar-refractivity contribution >= 4 is 17.9 Å². The molecule has 0 saturated heterocycles. The van der Waals surface area contributed by atoms with Crippen molar-refractivity contribution in [2.75, 3.05) is 0 Å². The zero-order valence-electron chi connectivity index (χ0n) is 33.1. The van der Waals surface area contributed by atoms with Gasteiger partial charge in [-0.05, 0) is 77.4 Å². The van der Waals surface area contributed by atoms with Crippen LogP contribution in [0.25, 0.3) is 22.3 Å². The summed E-state index contributed by atoms with van der Waals surface area (Å²) in [5.74, 6) is 2.39. The summed E-state index contributed by atoms with van der Waals surface area (Å²) >= 11 is 0. The van der Waals surface area contributed by atoms with Crippen molar-refractivity contribution in [2.45, 2.75) is 80.6 Å². The van der Waals surface area contributed by atoms with E-state index in [0.717, 1.165) is 36.7 Å². The van der Waals surface area contributed by atoms with Gasteiger partial charge >= 0.3 is 21.1 Å². The third kappa shape index (κ3) is 13.6. The molecule has 1 fully saturated rings. The number of rotatable bonds is 8. The maximum absolute atomic E-state index is 13.1. The molecule has 0 heterocycles. The van der Waals surface area contributed by atoms with Gasteiger partial charge in [0.05, 0.1) is 0 Å². The Morgan fingerprint density at radius 2 is 1.34 bits per heavy atom. The van der Waals surface area contributed by atoms with E-state index in [2.05, 4.69) is 110 Å². The van der Waals surface area contributed by atoms with Crippen molar-refractivity contribution in [3.8, 4) is 22.3 Å². The second-order valence-electron chi connectivity index (χ2n) is 14.1. The predicted octanol–water partition coefficient (Wildman–Crippen LogP) is 13.4. The van der Waals surface area contributed by atoms with Crippen LogP contribution in [0.5, 0.6) is 0 Å². The molecule has 278 valence electrons. The summed E-state index contributed by atoms with van der Waals surface area (Å²) in [4.78, 5) is 34.2. The van der Waals surface area contributed by atoms with Gasteiger partial charge < -0.3 is 12.8 Å². The van der Waals surface area contributed by atoms with Crippen molar-refractivity contribution in [3.05, 3.63) is 169 Å². The summed E-state index contributed by atoms with van der Waals surface area (Å²) in [5.41, 5.74) is 10.6. The van der Waals surface area contributed by atoms with E-state index in [1.54, 1.807) is 42.5 Å². The van der Waals surface area contributed by atoms with E-state index < -0.39 is 5.41 Å². The quantitative estimate of drug-likeness (QED) is 0.0582. The largest absolute Gasteiger partial charge is 2.00 e. The average molecular weight is 879 g/mol. The molecule has 2 atom stereocenters. The summed E-state index contributed by atoms with van der Waals surface area (Å²) in [7, 11) is 0.